The summed E-state index contributed by atoms with van der Waals surface area (Å²) in [5, 5.41) is 4.68. The number of benzene rings is 3. The Kier molecular flexibility index (Phi) is 8.81. The zero-order chi connectivity index (χ0) is 27.1. The van der Waals surface area contributed by atoms with Gasteiger partial charge in [0.25, 0.3) is 5.56 Å². The molecular formula is C29H30FN3O4S. The van der Waals surface area contributed by atoms with Crippen LogP contribution in [0.15, 0.2) is 71.5 Å². The number of methoxy groups -OCH3 is 3. The molecule has 0 saturated heterocycles. The summed E-state index contributed by atoms with van der Waals surface area (Å²) in [5.74, 6) is 1.69. The number of fused-ring (bicyclic) bond motifs is 1. The Morgan fingerprint density at radius 3 is 2.34 bits per heavy atom. The van der Waals surface area contributed by atoms with Crippen molar-refractivity contribution in [1.29, 1.82) is 0 Å². The highest BCUT2D eigenvalue weighted by atomic mass is 32.1. The van der Waals surface area contributed by atoms with Gasteiger partial charge in [0.05, 0.1) is 33.4 Å². The van der Waals surface area contributed by atoms with Gasteiger partial charge >= 0.3 is 0 Å². The minimum absolute atomic E-state index is 0.206. The van der Waals surface area contributed by atoms with Gasteiger partial charge in [0, 0.05) is 24.7 Å². The van der Waals surface area contributed by atoms with Gasteiger partial charge in [-0.3, -0.25) is 4.79 Å². The second-order valence-electron chi connectivity index (χ2n) is 8.73. The van der Waals surface area contributed by atoms with Crippen molar-refractivity contribution in [3.63, 3.8) is 0 Å². The molecule has 4 rings (SSSR count). The molecule has 1 heterocycles. The van der Waals surface area contributed by atoms with Crippen molar-refractivity contribution in [1.82, 2.24) is 15.2 Å². The van der Waals surface area contributed by atoms with Crippen molar-refractivity contribution >= 4 is 28.2 Å². The Labute approximate surface area is 226 Å². The molecule has 0 spiro atoms. The van der Waals surface area contributed by atoms with Gasteiger partial charge in [-0.05, 0) is 77.6 Å². The van der Waals surface area contributed by atoms with E-state index in [1.54, 1.807) is 39.5 Å². The van der Waals surface area contributed by atoms with E-state index in [2.05, 4.69) is 10.3 Å². The van der Waals surface area contributed by atoms with Gasteiger partial charge in [-0.1, -0.05) is 18.2 Å². The molecule has 0 aliphatic carbocycles. The summed E-state index contributed by atoms with van der Waals surface area (Å²) >= 11 is 5.74. The van der Waals surface area contributed by atoms with Crippen LogP contribution in [-0.4, -0.2) is 42.9 Å². The molecule has 198 valence electrons. The Hall–Kier alpha value is -4.11. The lowest BCUT2D eigenvalue weighted by Gasteiger charge is -2.26. The molecule has 0 fully saturated rings. The largest absolute Gasteiger partial charge is 0.497 e. The van der Waals surface area contributed by atoms with Crippen molar-refractivity contribution in [2.75, 3.05) is 27.9 Å². The minimum Gasteiger partial charge on any atom is -0.497 e. The van der Waals surface area contributed by atoms with Gasteiger partial charge in [-0.25, -0.2) is 4.39 Å². The van der Waals surface area contributed by atoms with E-state index in [0.29, 0.717) is 53.0 Å². The van der Waals surface area contributed by atoms with Crippen molar-refractivity contribution in [3.8, 4) is 17.2 Å². The number of aromatic nitrogens is 1. The first-order valence-corrected chi connectivity index (χ1v) is 12.5. The normalized spacial score (nSPS) is 10.7. The molecule has 38 heavy (non-hydrogen) atoms. The van der Waals surface area contributed by atoms with E-state index in [-0.39, 0.29) is 17.9 Å². The topological polar surface area (TPSA) is 75.8 Å². The molecule has 0 amide bonds. The number of halogens is 1. The fourth-order valence-corrected chi connectivity index (χ4v) is 4.38. The SMILES string of the molecule is COc1ccc2cc(CN(Cc3ccc(F)cc3)C(=S)NCCc3ccc(OC)c(OC)c3)c(=O)[nH]c2c1. The van der Waals surface area contributed by atoms with E-state index in [1.165, 1.54) is 12.1 Å². The van der Waals surface area contributed by atoms with Gasteiger partial charge in [0.15, 0.2) is 16.6 Å². The Morgan fingerprint density at radius 2 is 1.63 bits per heavy atom. The number of rotatable bonds is 10. The average Bonchev–Trinajstić information content (AvgIpc) is 2.93. The molecule has 2 N–H and O–H groups in total. The fraction of sp³-hybridized carbons (Fsp3) is 0.241. The van der Waals surface area contributed by atoms with Crippen LogP contribution in [0.5, 0.6) is 17.2 Å². The standard InChI is InChI=1S/C29H30FN3O4S/c1-35-24-10-7-21-15-22(28(34)32-25(21)16-24)18-33(17-20-4-8-23(30)9-5-20)29(38)31-13-12-19-6-11-26(36-2)27(14-19)37-3/h4-11,14-16H,12-13,17-18H2,1-3H3,(H,31,38)(H,32,34). The van der Waals surface area contributed by atoms with Crippen molar-refractivity contribution < 1.29 is 18.6 Å². The lowest BCUT2D eigenvalue weighted by molar-refractivity contribution is 0.354. The maximum Gasteiger partial charge on any atom is 0.253 e. The quantitative estimate of drug-likeness (QED) is 0.282. The molecule has 3 aromatic carbocycles. The number of thiocarbonyl (C=S) groups is 1. The zero-order valence-electron chi connectivity index (χ0n) is 21.5. The summed E-state index contributed by atoms with van der Waals surface area (Å²) in [5.41, 5.74) is 2.98. The van der Waals surface area contributed by atoms with Gasteiger partial charge in [0.2, 0.25) is 0 Å². The maximum absolute atomic E-state index is 13.5. The van der Waals surface area contributed by atoms with E-state index in [1.807, 2.05) is 41.3 Å². The average molecular weight is 536 g/mol. The van der Waals surface area contributed by atoms with E-state index in [4.69, 9.17) is 26.4 Å². The molecule has 0 atom stereocenters. The number of ether oxygens (including phenoxy) is 3. The smallest absolute Gasteiger partial charge is 0.253 e. The number of hydrogen-bond acceptors (Lipinski definition) is 5. The predicted molar refractivity (Wildman–Crippen MR) is 151 cm³/mol. The summed E-state index contributed by atoms with van der Waals surface area (Å²) in [6.07, 6.45) is 0.698. The number of nitrogens with zero attached hydrogens (tertiary/aromatic N) is 1. The molecule has 0 radical (unpaired) electrons. The second kappa shape index (κ2) is 12.4. The molecule has 0 unspecified atom stereocenters. The number of hydrogen-bond donors (Lipinski definition) is 2. The molecule has 0 saturated carbocycles. The summed E-state index contributed by atoms with van der Waals surface area (Å²) in [6, 6.07) is 19.4. The Bertz CT molecular complexity index is 1470. The lowest BCUT2D eigenvalue weighted by atomic mass is 10.1. The number of aromatic amines is 1. The van der Waals surface area contributed by atoms with Gasteiger partial charge in [-0.15, -0.1) is 0 Å². The Morgan fingerprint density at radius 1 is 0.895 bits per heavy atom. The first kappa shape index (κ1) is 26.9. The van der Waals surface area contributed by atoms with Crippen LogP contribution in [0.4, 0.5) is 4.39 Å². The van der Waals surface area contributed by atoms with Gasteiger partial charge < -0.3 is 29.4 Å². The first-order chi connectivity index (χ1) is 18.4. The molecule has 0 bridgehead atoms. The van der Waals surface area contributed by atoms with Crippen LogP contribution in [-0.2, 0) is 19.5 Å². The third-order valence-electron chi connectivity index (χ3n) is 6.20. The van der Waals surface area contributed by atoms with E-state index in [9.17, 15) is 9.18 Å². The lowest BCUT2D eigenvalue weighted by Crippen LogP contribution is -2.40. The zero-order valence-corrected chi connectivity index (χ0v) is 22.4. The summed E-state index contributed by atoms with van der Waals surface area (Å²) < 4.78 is 29.5. The second-order valence-corrected chi connectivity index (χ2v) is 9.12. The number of pyridine rings is 1. The van der Waals surface area contributed by atoms with E-state index >= 15 is 0 Å². The van der Waals surface area contributed by atoms with E-state index < -0.39 is 0 Å². The highest BCUT2D eigenvalue weighted by molar-refractivity contribution is 7.80. The van der Waals surface area contributed by atoms with Crippen LogP contribution in [0, 0.1) is 5.82 Å². The molecule has 9 heteroatoms. The monoisotopic (exact) mass is 535 g/mol. The van der Waals surface area contributed by atoms with Crippen LogP contribution in [0.3, 0.4) is 0 Å². The number of nitrogens with one attached hydrogen (secondary N) is 2. The highest BCUT2D eigenvalue weighted by Crippen LogP contribution is 2.27. The highest BCUT2D eigenvalue weighted by Gasteiger charge is 2.15. The molecule has 0 aliphatic heterocycles. The van der Waals surface area contributed by atoms with Crippen LogP contribution in [0.25, 0.3) is 10.9 Å². The van der Waals surface area contributed by atoms with Crippen molar-refractivity contribution in [2.45, 2.75) is 19.5 Å². The fourth-order valence-electron chi connectivity index (χ4n) is 4.15. The summed E-state index contributed by atoms with van der Waals surface area (Å²) in [4.78, 5) is 17.8. The third-order valence-corrected chi connectivity index (χ3v) is 6.61. The van der Waals surface area contributed by atoms with Crippen molar-refractivity contribution in [3.05, 3.63) is 99.6 Å². The third kappa shape index (κ3) is 6.60. The molecular weight excluding hydrogens is 505 g/mol. The maximum atomic E-state index is 13.5. The molecule has 4 aromatic rings. The van der Waals surface area contributed by atoms with Crippen LogP contribution in [0.1, 0.15) is 16.7 Å². The predicted octanol–water partition coefficient (Wildman–Crippen LogP) is 4.81. The number of H-pyrrole nitrogens is 1. The van der Waals surface area contributed by atoms with Crippen LogP contribution < -0.4 is 25.1 Å². The van der Waals surface area contributed by atoms with E-state index in [0.717, 1.165) is 16.5 Å². The Balaban J connectivity index is 1.52. The van der Waals surface area contributed by atoms with Crippen LogP contribution >= 0.6 is 12.2 Å². The minimum atomic E-state index is -0.308. The summed E-state index contributed by atoms with van der Waals surface area (Å²) in [6.45, 7) is 1.25. The summed E-state index contributed by atoms with van der Waals surface area (Å²) in [7, 11) is 4.79. The first-order valence-electron chi connectivity index (χ1n) is 12.1. The molecule has 0 aliphatic rings. The van der Waals surface area contributed by atoms with Crippen molar-refractivity contribution in [2.24, 2.45) is 0 Å². The molecule has 1 aromatic heterocycles. The van der Waals surface area contributed by atoms with Gasteiger partial charge in [-0.2, -0.15) is 0 Å². The van der Waals surface area contributed by atoms with Crippen LogP contribution in [0.2, 0.25) is 0 Å². The molecule has 7 nitrogen and oxygen atoms in total. The van der Waals surface area contributed by atoms with Gasteiger partial charge in [0.1, 0.15) is 11.6 Å².